The molecule has 11 nitrogen and oxygen atoms in total. The van der Waals surface area contributed by atoms with Crippen LogP contribution in [-0.4, -0.2) is 75.2 Å². The lowest BCUT2D eigenvalue weighted by molar-refractivity contribution is -0.127. The summed E-state index contributed by atoms with van der Waals surface area (Å²) in [5.41, 5.74) is 0.952. The number of aromatic amines is 1. The molecule has 2 atom stereocenters. The van der Waals surface area contributed by atoms with Crippen molar-refractivity contribution in [2.24, 2.45) is 5.92 Å². The summed E-state index contributed by atoms with van der Waals surface area (Å²) in [6, 6.07) is 8.66. The Balaban J connectivity index is 1.07. The largest absolute Gasteiger partial charge is 0.481 e. The van der Waals surface area contributed by atoms with Crippen molar-refractivity contribution in [2.45, 2.75) is 43.7 Å². The molecular formula is C28H29FN8O3. The van der Waals surface area contributed by atoms with E-state index in [-0.39, 0.29) is 46.5 Å². The number of ether oxygens (including phenoxy) is 1. The zero-order valence-corrected chi connectivity index (χ0v) is 22.1. The molecule has 0 radical (unpaired) electrons. The third kappa shape index (κ3) is 4.83. The summed E-state index contributed by atoms with van der Waals surface area (Å²) in [5, 5.41) is 19.1. The van der Waals surface area contributed by atoms with Crippen LogP contribution in [0.3, 0.4) is 0 Å². The van der Waals surface area contributed by atoms with Crippen LogP contribution in [0.25, 0.3) is 11.3 Å². The highest BCUT2D eigenvalue weighted by molar-refractivity contribution is 5.94. The third-order valence-electron chi connectivity index (χ3n) is 8.20. The van der Waals surface area contributed by atoms with Crippen molar-refractivity contribution in [3.8, 4) is 23.2 Å². The van der Waals surface area contributed by atoms with Gasteiger partial charge >= 0.3 is 0 Å². The predicted octanol–water partition coefficient (Wildman–Crippen LogP) is 2.67. The lowest BCUT2D eigenvalue weighted by Crippen LogP contribution is -2.52. The molecule has 3 aromatic rings. The standard InChI is InChI=1S/C28H29FN8O3/c1-40-25-10-20(21(29)15-32-25)22-11-23(35-34-22)27(39)37-9-4-18(12-28(37)6-7-28)26(38)33-19-5-8-36(16-19)24-3-2-17(13-30)14-31-24/h2-3,10-11,14-15,18-19H,4-9,12,16H2,1H3,(H,33,38)(H,34,35)/t18-,19-/m0/s1. The van der Waals surface area contributed by atoms with Crippen molar-refractivity contribution < 1.29 is 18.7 Å². The first-order valence-corrected chi connectivity index (χ1v) is 13.4. The van der Waals surface area contributed by atoms with Crippen LogP contribution in [0.15, 0.2) is 36.7 Å². The van der Waals surface area contributed by atoms with E-state index in [1.54, 1.807) is 18.3 Å². The van der Waals surface area contributed by atoms with E-state index in [2.05, 4.69) is 36.5 Å². The Labute approximate surface area is 230 Å². The Morgan fingerprint density at radius 1 is 1.20 bits per heavy atom. The summed E-state index contributed by atoms with van der Waals surface area (Å²) < 4.78 is 19.5. The van der Waals surface area contributed by atoms with Gasteiger partial charge in [-0.25, -0.2) is 14.4 Å². The molecule has 2 aliphatic heterocycles. The van der Waals surface area contributed by atoms with Crippen molar-refractivity contribution in [3.05, 3.63) is 53.7 Å². The summed E-state index contributed by atoms with van der Waals surface area (Å²) in [6.45, 7) is 1.91. The van der Waals surface area contributed by atoms with Gasteiger partial charge in [0.05, 0.1) is 24.6 Å². The number of hydrogen-bond donors (Lipinski definition) is 2. The van der Waals surface area contributed by atoms with Crippen molar-refractivity contribution in [1.29, 1.82) is 5.26 Å². The van der Waals surface area contributed by atoms with Crippen LogP contribution in [0, 0.1) is 23.1 Å². The minimum absolute atomic E-state index is 0.0235. The number of likely N-dealkylation sites (tertiary alicyclic amines) is 1. The number of anilines is 1. The van der Waals surface area contributed by atoms with Crippen LogP contribution in [0.4, 0.5) is 10.2 Å². The summed E-state index contributed by atoms with van der Waals surface area (Å²) in [7, 11) is 1.44. The van der Waals surface area contributed by atoms with Gasteiger partial charge in [0.2, 0.25) is 11.8 Å². The van der Waals surface area contributed by atoms with Crippen molar-refractivity contribution in [3.63, 3.8) is 0 Å². The van der Waals surface area contributed by atoms with Gasteiger partial charge < -0.3 is 19.9 Å². The van der Waals surface area contributed by atoms with E-state index in [1.165, 1.54) is 13.2 Å². The molecule has 0 bridgehead atoms. The Kier molecular flexibility index (Phi) is 6.57. The molecule has 3 aromatic heterocycles. The average molecular weight is 545 g/mol. The maximum atomic E-state index is 14.4. The van der Waals surface area contributed by atoms with E-state index >= 15 is 0 Å². The molecule has 1 spiro atoms. The normalized spacial score (nSPS) is 21.2. The molecule has 3 aliphatic rings. The number of amides is 2. The number of halogens is 1. The number of nitrogens with one attached hydrogen (secondary N) is 2. The van der Waals surface area contributed by atoms with Gasteiger partial charge in [-0.2, -0.15) is 10.4 Å². The van der Waals surface area contributed by atoms with Crippen molar-refractivity contribution >= 4 is 17.6 Å². The number of aromatic nitrogens is 4. The monoisotopic (exact) mass is 544 g/mol. The van der Waals surface area contributed by atoms with E-state index in [9.17, 15) is 14.0 Å². The molecular weight excluding hydrogens is 515 g/mol. The van der Waals surface area contributed by atoms with E-state index in [1.807, 2.05) is 11.0 Å². The fraction of sp³-hybridized carbons (Fsp3) is 0.429. The van der Waals surface area contributed by atoms with Crippen LogP contribution >= 0.6 is 0 Å². The van der Waals surface area contributed by atoms with Crippen molar-refractivity contribution in [2.75, 3.05) is 31.6 Å². The maximum Gasteiger partial charge on any atom is 0.272 e. The second-order valence-electron chi connectivity index (χ2n) is 10.7. The van der Waals surface area contributed by atoms with Gasteiger partial charge in [0.1, 0.15) is 17.6 Å². The zero-order chi connectivity index (χ0) is 27.9. The van der Waals surface area contributed by atoms with E-state index in [4.69, 9.17) is 10.00 Å². The minimum Gasteiger partial charge on any atom is -0.481 e. The van der Waals surface area contributed by atoms with Crippen LogP contribution in [0.1, 0.15) is 48.2 Å². The Hall–Kier alpha value is -4.53. The molecule has 12 heteroatoms. The highest BCUT2D eigenvalue weighted by Gasteiger charge is 2.54. The number of hydrogen-bond acceptors (Lipinski definition) is 8. The molecule has 2 N–H and O–H groups in total. The molecule has 2 amide bonds. The second kappa shape index (κ2) is 10.2. The molecule has 206 valence electrons. The number of rotatable bonds is 6. The number of nitrogens with zero attached hydrogens (tertiary/aromatic N) is 6. The fourth-order valence-corrected chi connectivity index (χ4v) is 5.84. The molecule has 0 unspecified atom stereocenters. The minimum atomic E-state index is -0.560. The number of carbonyl (C=O) groups is 2. The molecule has 2 saturated heterocycles. The first-order chi connectivity index (χ1) is 19.4. The molecule has 0 aromatic carbocycles. The number of pyridine rings is 2. The molecule has 6 rings (SSSR count). The van der Waals surface area contributed by atoms with Gasteiger partial charge in [0.25, 0.3) is 5.91 Å². The lowest BCUT2D eigenvalue weighted by atomic mass is 9.87. The first kappa shape index (κ1) is 25.7. The van der Waals surface area contributed by atoms with Gasteiger partial charge in [-0.1, -0.05) is 0 Å². The zero-order valence-electron chi connectivity index (χ0n) is 22.1. The Bertz CT molecular complexity index is 1480. The van der Waals surface area contributed by atoms with Gasteiger partial charge in [-0.05, 0) is 50.3 Å². The SMILES string of the molecule is COc1cc(-c2cc(C(=O)N3CC[C@H](C(=O)N[C@H]4CCN(c5ccc(C#N)cn5)C4)CC34CC4)[nH]n2)c(F)cn1. The van der Waals surface area contributed by atoms with Gasteiger partial charge in [0.15, 0.2) is 5.82 Å². The molecule has 40 heavy (non-hydrogen) atoms. The number of carbonyl (C=O) groups excluding carboxylic acids is 2. The maximum absolute atomic E-state index is 14.4. The quantitative estimate of drug-likeness (QED) is 0.483. The van der Waals surface area contributed by atoms with Crippen molar-refractivity contribution in [1.82, 2.24) is 30.4 Å². The molecule has 1 saturated carbocycles. The lowest BCUT2D eigenvalue weighted by Gasteiger charge is -2.39. The summed E-state index contributed by atoms with van der Waals surface area (Å²) in [5.74, 6) is 0.162. The van der Waals surface area contributed by atoms with E-state index in [0.717, 1.165) is 37.8 Å². The number of H-pyrrole nitrogens is 1. The molecule has 3 fully saturated rings. The highest BCUT2D eigenvalue weighted by Crippen LogP contribution is 2.50. The predicted molar refractivity (Wildman–Crippen MR) is 142 cm³/mol. The van der Waals surface area contributed by atoms with Crippen LogP contribution in [0.2, 0.25) is 0 Å². The van der Waals surface area contributed by atoms with Crippen LogP contribution in [0.5, 0.6) is 5.88 Å². The number of piperidine rings is 1. The Morgan fingerprint density at radius 2 is 2.05 bits per heavy atom. The number of methoxy groups -OCH3 is 1. The topological polar surface area (TPSA) is 140 Å². The third-order valence-corrected chi connectivity index (χ3v) is 8.20. The molecule has 5 heterocycles. The van der Waals surface area contributed by atoms with Gasteiger partial charge in [-0.3, -0.25) is 14.7 Å². The highest BCUT2D eigenvalue weighted by atomic mass is 19.1. The summed E-state index contributed by atoms with van der Waals surface area (Å²) in [4.78, 5) is 38.9. The smallest absolute Gasteiger partial charge is 0.272 e. The molecule has 1 aliphatic carbocycles. The second-order valence-corrected chi connectivity index (χ2v) is 10.7. The summed E-state index contributed by atoms with van der Waals surface area (Å²) in [6.07, 6.45) is 6.33. The number of nitriles is 1. The Morgan fingerprint density at radius 3 is 2.77 bits per heavy atom. The van der Waals surface area contributed by atoms with Gasteiger partial charge in [0, 0.05) is 55.0 Å². The van der Waals surface area contributed by atoms with E-state index < -0.39 is 5.82 Å². The van der Waals surface area contributed by atoms with E-state index in [0.29, 0.717) is 37.2 Å². The van der Waals surface area contributed by atoms with Gasteiger partial charge in [-0.15, -0.1) is 0 Å². The first-order valence-electron chi connectivity index (χ1n) is 13.4. The van der Waals surface area contributed by atoms with Crippen LogP contribution < -0.4 is 15.0 Å². The summed E-state index contributed by atoms with van der Waals surface area (Å²) >= 11 is 0. The average Bonchev–Trinajstić information content (AvgIpc) is 3.35. The fourth-order valence-electron chi connectivity index (χ4n) is 5.84. The van der Waals surface area contributed by atoms with Crippen LogP contribution in [-0.2, 0) is 4.79 Å².